The predicted octanol–water partition coefficient (Wildman–Crippen LogP) is 1.67. The highest BCUT2D eigenvalue weighted by Crippen LogP contribution is 2.26. The second-order valence-electron chi connectivity index (χ2n) is 8.07. The molecule has 1 N–H and O–H groups in total. The second kappa shape index (κ2) is 8.04. The number of piperidine rings is 1. The summed E-state index contributed by atoms with van der Waals surface area (Å²) in [6.07, 6.45) is 12.1. The maximum atomic E-state index is 10.8. The number of aromatic nitrogens is 4. The molecule has 0 saturated carbocycles. The minimum Gasteiger partial charge on any atom is -0.388 e. The normalized spacial score (nSPS) is 23.4. The van der Waals surface area contributed by atoms with Gasteiger partial charge in [0.25, 0.3) is 0 Å². The molecular formula is C20H29N5O2. The van der Waals surface area contributed by atoms with Crippen LogP contribution in [-0.4, -0.2) is 68.0 Å². The molecule has 2 aromatic rings. The molecule has 7 heteroatoms. The number of β-amino-alcohol motifs (C(OH)–C–C–N with tert-alkyl or cyclic N) is 1. The summed E-state index contributed by atoms with van der Waals surface area (Å²) in [4.78, 5) is 15.8. The van der Waals surface area contributed by atoms with Crippen LogP contribution < -0.4 is 0 Å². The summed E-state index contributed by atoms with van der Waals surface area (Å²) in [5.41, 5.74) is 2.30. The van der Waals surface area contributed by atoms with E-state index in [2.05, 4.69) is 14.9 Å². The Morgan fingerprint density at radius 3 is 2.85 bits per heavy atom. The molecule has 0 bridgehead atoms. The Labute approximate surface area is 160 Å². The van der Waals surface area contributed by atoms with Crippen molar-refractivity contribution < 1.29 is 9.84 Å². The molecule has 0 radical (unpaired) electrons. The summed E-state index contributed by atoms with van der Waals surface area (Å²) in [5, 5.41) is 10.8. The van der Waals surface area contributed by atoms with Gasteiger partial charge in [0.1, 0.15) is 5.69 Å². The molecule has 2 aliphatic rings. The summed E-state index contributed by atoms with van der Waals surface area (Å²) < 4.78 is 7.37. The largest absolute Gasteiger partial charge is 0.388 e. The van der Waals surface area contributed by atoms with Crippen molar-refractivity contribution in [2.75, 3.05) is 32.8 Å². The van der Waals surface area contributed by atoms with Gasteiger partial charge in [-0.15, -0.1) is 0 Å². The molecule has 1 unspecified atom stereocenters. The minimum atomic E-state index is -0.584. The average Bonchev–Trinajstić information content (AvgIpc) is 3.08. The van der Waals surface area contributed by atoms with Crippen LogP contribution in [0.4, 0.5) is 0 Å². The van der Waals surface area contributed by atoms with Crippen LogP contribution in [0, 0.1) is 5.92 Å². The molecule has 2 saturated heterocycles. The van der Waals surface area contributed by atoms with E-state index in [1.165, 1.54) is 12.8 Å². The highest BCUT2D eigenvalue weighted by atomic mass is 16.5. The van der Waals surface area contributed by atoms with Crippen molar-refractivity contribution in [2.45, 2.75) is 37.7 Å². The summed E-state index contributed by atoms with van der Waals surface area (Å²) in [7, 11) is 1.97. The van der Waals surface area contributed by atoms with Crippen molar-refractivity contribution in [3.63, 3.8) is 0 Å². The molecule has 146 valence electrons. The Morgan fingerprint density at radius 1 is 1.22 bits per heavy atom. The number of hydrogen-bond acceptors (Lipinski definition) is 6. The number of likely N-dealkylation sites (tertiary alicyclic amines) is 1. The Kier molecular flexibility index (Phi) is 5.52. The summed E-state index contributed by atoms with van der Waals surface area (Å²) in [6, 6.07) is 0. The zero-order chi connectivity index (χ0) is 18.7. The van der Waals surface area contributed by atoms with Crippen molar-refractivity contribution >= 4 is 0 Å². The summed E-state index contributed by atoms with van der Waals surface area (Å²) in [5.74, 6) is 0.554. The van der Waals surface area contributed by atoms with Crippen LogP contribution in [0.25, 0.3) is 11.4 Å². The molecule has 7 nitrogen and oxygen atoms in total. The first kappa shape index (κ1) is 18.5. The number of ether oxygens (including phenoxy) is 1. The monoisotopic (exact) mass is 371 g/mol. The van der Waals surface area contributed by atoms with E-state index in [0.717, 1.165) is 56.0 Å². The van der Waals surface area contributed by atoms with Crippen molar-refractivity contribution in [1.82, 2.24) is 24.4 Å². The van der Waals surface area contributed by atoms with Gasteiger partial charge in [0.05, 0.1) is 35.7 Å². The fourth-order valence-corrected chi connectivity index (χ4v) is 4.32. The van der Waals surface area contributed by atoms with Crippen LogP contribution in [0.1, 0.15) is 31.4 Å². The quantitative estimate of drug-likeness (QED) is 0.862. The van der Waals surface area contributed by atoms with E-state index in [4.69, 9.17) is 9.72 Å². The molecule has 0 aliphatic carbocycles. The van der Waals surface area contributed by atoms with E-state index < -0.39 is 5.60 Å². The van der Waals surface area contributed by atoms with Gasteiger partial charge in [0.2, 0.25) is 0 Å². The maximum Gasteiger partial charge on any atom is 0.107 e. The number of rotatable bonds is 5. The van der Waals surface area contributed by atoms with E-state index in [1.54, 1.807) is 12.5 Å². The molecule has 2 aliphatic heterocycles. The van der Waals surface area contributed by atoms with Crippen molar-refractivity contribution in [2.24, 2.45) is 13.0 Å². The van der Waals surface area contributed by atoms with Gasteiger partial charge >= 0.3 is 0 Å². The van der Waals surface area contributed by atoms with Gasteiger partial charge in [-0.3, -0.25) is 4.98 Å². The first-order valence-corrected chi connectivity index (χ1v) is 9.91. The van der Waals surface area contributed by atoms with E-state index in [1.807, 2.05) is 24.0 Å². The van der Waals surface area contributed by atoms with Crippen LogP contribution in [0.3, 0.4) is 0 Å². The van der Waals surface area contributed by atoms with Gasteiger partial charge in [-0.25, -0.2) is 9.97 Å². The third kappa shape index (κ3) is 4.54. The number of hydrogen-bond donors (Lipinski definition) is 1. The zero-order valence-corrected chi connectivity index (χ0v) is 16.0. The van der Waals surface area contributed by atoms with E-state index in [9.17, 15) is 5.11 Å². The number of aliphatic hydroxyl groups is 1. The summed E-state index contributed by atoms with van der Waals surface area (Å²) in [6.45, 7) is 4.18. The van der Waals surface area contributed by atoms with E-state index in [-0.39, 0.29) is 0 Å². The Morgan fingerprint density at radius 2 is 2.07 bits per heavy atom. The summed E-state index contributed by atoms with van der Waals surface area (Å²) >= 11 is 0. The fraction of sp³-hybridized carbons (Fsp3) is 0.650. The number of nitrogens with zero attached hydrogens (tertiary/aromatic N) is 5. The molecule has 2 fully saturated rings. The lowest BCUT2D eigenvalue weighted by molar-refractivity contribution is -0.0838. The third-order valence-electron chi connectivity index (χ3n) is 5.81. The van der Waals surface area contributed by atoms with Gasteiger partial charge in [-0.05, 0) is 31.7 Å². The highest BCUT2D eigenvalue weighted by Gasteiger charge is 2.33. The zero-order valence-electron chi connectivity index (χ0n) is 16.0. The lowest BCUT2D eigenvalue weighted by Crippen LogP contribution is -2.49. The van der Waals surface area contributed by atoms with Gasteiger partial charge in [-0.1, -0.05) is 0 Å². The molecule has 4 rings (SSSR count). The molecule has 1 atom stereocenters. The lowest BCUT2D eigenvalue weighted by Gasteiger charge is -2.40. The van der Waals surface area contributed by atoms with Gasteiger partial charge < -0.3 is 19.3 Å². The number of aryl methyl sites for hydroxylation is 1. The molecule has 4 heterocycles. The van der Waals surface area contributed by atoms with Crippen LogP contribution >= 0.6 is 0 Å². The first-order valence-electron chi connectivity index (χ1n) is 9.91. The average molecular weight is 371 g/mol. The van der Waals surface area contributed by atoms with E-state index in [0.29, 0.717) is 19.1 Å². The Hall–Kier alpha value is -1.83. The molecule has 0 amide bonds. The predicted molar refractivity (Wildman–Crippen MR) is 102 cm³/mol. The van der Waals surface area contributed by atoms with Gasteiger partial charge in [-0.2, -0.15) is 0 Å². The van der Waals surface area contributed by atoms with Crippen LogP contribution in [0.15, 0.2) is 24.9 Å². The smallest absolute Gasteiger partial charge is 0.107 e. The molecule has 2 aromatic heterocycles. The molecule has 0 aromatic carbocycles. The fourth-order valence-electron chi connectivity index (χ4n) is 4.32. The second-order valence-corrected chi connectivity index (χ2v) is 8.07. The van der Waals surface area contributed by atoms with E-state index >= 15 is 0 Å². The standard InChI is InChI=1S/C20H29N5O2/c1-24-15-22-12-19(24)18-11-21-10-17(23-18)9-16-3-2-6-25(13-16)14-20(26)4-7-27-8-5-20/h10-12,15-16,26H,2-9,13-14H2,1H3. The molecule has 27 heavy (non-hydrogen) atoms. The van der Waals surface area contributed by atoms with Crippen LogP contribution in [0.2, 0.25) is 0 Å². The van der Waals surface area contributed by atoms with Gasteiger partial charge in [0.15, 0.2) is 0 Å². The van der Waals surface area contributed by atoms with Crippen molar-refractivity contribution in [1.29, 1.82) is 0 Å². The van der Waals surface area contributed by atoms with Crippen molar-refractivity contribution in [3.8, 4) is 11.4 Å². The third-order valence-corrected chi connectivity index (χ3v) is 5.81. The van der Waals surface area contributed by atoms with Crippen molar-refractivity contribution in [3.05, 3.63) is 30.6 Å². The lowest BCUT2D eigenvalue weighted by atomic mass is 9.89. The van der Waals surface area contributed by atoms with Crippen LogP contribution in [0.5, 0.6) is 0 Å². The Bertz CT molecular complexity index is 756. The highest BCUT2D eigenvalue weighted by molar-refractivity contribution is 5.52. The van der Waals surface area contributed by atoms with Gasteiger partial charge in [0, 0.05) is 52.4 Å². The number of imidazole rings is 1. The topological polar surface area (TPSA) is 76.3 Å². The Balaban J connectivity index is 1.39. The maximum absolute atomic E-state index is 10.8. The molecule has 0 spiro atoms. The SMILES string of the molecule is Cn1cncc1-c1cncc(CC2CCCN(CC3(O)CCOCC3)C2)n1. The van der Waals surface area contributed by atoms with Crippen LogP contribution in [-0.2, 0) is 18.2 Å². The molecular weight excluding hydrogens is 342 g/mol. The first-order chi connectivity index (χ1) is 13.1. The minimum absolute atomic E-state index is 0.554.